The smallest absolute Gasteiger partial charge is 0.146 e. The van der Waals surface area contributed by atoms with E-state index >= 15 is 0 Å². The fourth-order valence-electron chi connectivity index (χ4n) is 1.76. The fourth-order valence-corrected chi connectivity index (χ4v) is 1.76. The van der Waals surface area contributed by atoms with Gasteiger partial charge in [-0.2, -0.15) is 0 Å². The van der Waals surface area contributed by atoms with Crippen molar-refractivity contribution in [2.24, 2.45) is 5.92 Å². The second kappa shape index (κ2) is 7.28. The van der Waals surface area contributed by atoms with Crippen LogP contribution in [0.5, 0.6) is 0 Å². The van der Waals surface area contributed by atoms with Crippen LogP contribution in [0.3, 0.4) is 0 Å². The molecule has 3 heteroatoms. The van der Waals surface area contributed by atoms with Crippen LogP contribution in [0.4, 0.5) is 10.1 Å². The molecule has 1 aromatic carbocycles. The number of benzene rings is 1. The van der Waals surface area contributed by atoms with Gasteiger partial charge in [-0.1, -0.05) is 26.0 Å². The largest absolute Gasteiger partial charge is 0.368 e. The van der Waals surface area contributed by atoms with E-state index in [1.54, 1.807) is 6.07 Å². The maximum atomic E-state index is 13.6. The number of para-hydroxylation sites is 1. The number of nitrogens with one attached hydrogen (secondary N) is 1. The van der Waals surface area contributed by atoms with Crippen molar-refractivity contribution in [3.05, 3.63) is 30.1 Å². The van der Waals surface area contributed by atoms with E-state index in [2.05, 4.69) is 31.0 Å². The number of halogens is 1. The Labute approximate surface area is 104 Å². The number of nitrogens with zero attached hydrogens (tertiary/aromatic N) is 1. The number of likely N-dealkylation sites (N-methyl/N-ethyl adjacent to an activating group) is 1. The molecule has 96 valence electrons. The summed E-state index contributed by atoms with van der Waals surface area (Å²) in [5.41, 5.74) is 0.696. The molecule has 0 aliphatic carbocycles. The van der Waals surface area contributed by atoms with Gasteiger partial charge in [0.25, 0.3) is 0 Å². The monoisotopic (exact) mass is 238 g/mol. The van der Waals surface area contributed by atoms with Crippen LogP contribution in [0.15, 0.2) is 24.3 Å². The molecule has 0 atom stereocenters. The van der Waals surface area contributed by atoms with Crippen molar-refractivity contribution < 1.29 is 4.39 Å². The van der Waals surface area contributed by atoms with Crippen molar-refractivity contribution in [1.29, 1.82) is 0 Å². The maximum absolute atomic E-state index is 13.6. The Bertz CT molecular complexity index is 326. The summed E-state index contributed by atoms with van der Waals surface area (Å²) >= 11 is 0. The number of hydrogen-bond donors (Lipinski definition) is 1. The molecule has 0 spiro atoms. The predicted molar refractivity (Wildman–Crippen MR) is 72.0 cm³/mol. The number of hydrogen-bond acceptors (Lipinski definition) is 2. The Kier molecular flexibility index (Phi) is 5.98. The lowest BCUT2D eigenvalue weighted by Crippen LogP contribution is -2.33. The zero-order chi connectivity index (χ0) is 12.7. The highest BCUT2D eigenvalue weighted by molar-refractivity contribution is 5.47. The molecular weight excluding hydrogens is 215 g/mol. The van der Waals surface area contributed by atoms with Gasteiger partial charge in [0, 0.05) is 19.6 Å². The molecule has 0 aromatic heterocycles. The van der Waals surface area contributed by atoms with Crippen LogP contribution in [-0.2, 0) is 0 Å². The Morgan fingerprint density at radius 1 is 1.29 bits per heavy atom. The minimum atomic E-state index is -0.141. The minimum absolute atomic E-state index is 0.141. The van der Waals surface area contributed by atoms with E-state index in [4.69, 9.17) is 0 Å². The fraction of sp³-hybridized carbons (Fsp3) is 0.571. The summed E-state index contributed by atoms with van der Waals surface area (Å²) in [4.78, 5) is 2.06. The van der Waals surface area contributed by atoms with Crippen LogP contribution in [-0.4, -0.2) is 26.2 Å². The Morgan fingerprint density at radius 3 is 2.59 bits per heavy atom. The third-order valence-corrected chi connectivity index (χ3v) is 2.69. The van der Waals surface area contributed by atoms with Crippen molar-refractivity contribution in [3.8, 4) is 0 Å². The molecule has 0 saturated heterocycles. The summed E-state index contributed by atoms with van der Waals surface area (Å²) in [6.07, 6.45) is 0. The highest BCUT2D eigenvalue weighted by atomic mass is 19.1. The van der Waals surface area contributed by atoms with Crippen LogP contribution < -0.4 is 10.2 Å². The second-order valence-electron chi connectivity index (χ2n) is 4.63. The standard InChI is InChI=1S/C14H23FN2/c1-4-17(10-9-16-11-12(2)3)14-8-6-5-7-13(14)15/h5-8,12,16H,4,9-11H2,1-3H3. The highest BCUT2D eigenvalue weighted by Crippen LogP contribution is 2.17. The van der Waals surface area contributed by atoms with Gasteiger partial charge in [0.05, 0.1) is 5.69 Å². The lowest BCUT2D eigenvalue weighted by molar-refractivity contribution is 0.548. The maximum Gasteiger partial charge on any atom is 0.146 e. The van der Waals surface area contributed by atoms with Gasteiger partial charge < -0.3 is 10.2 Å². The van der Waals surface area contributed by atoms with Gasteiger partial charge in [0.2, 0.25) is 0 Å². The molecule has 0 amide bonds. The Balaban J connectivity index is 2.46. The van der Waals surface area contributed by atoms with Gasteiger partial charge in [-0.15, -0.1) is 0 Å². The van der Waals surface area contributed by atoms with Crippen molar-refractivity contribution in [3.63, 3.8) is 0 Å². The van der Waals surface area contributed by atoms with E-state index < -0.39 is 0 Å². The molecule has 0 heterocycles. The van der Waals surface area contributed by atoms with Crippen molar-refractivity contribution in [2.45, 2.75) is 20.8 Å². The summed E-state index contributed by atoms with van der Waals surface area (Å²) in [7, 11) is 0. The molecule has 0 bridgehead atoms. The summed E-state index contributed by atoms with van der Waals surface area (Å²) in [5.74, 6) is 0.511. The van der Waals surface area contributed by atoms with E-state index in [0.717, 1.165) is 26.2 Å². The summed E-state index contributed by atoms with van der Waals surface area (Å²) in [6.45, 7) is 9.97. The summed E-state index contributed by atoms with van der Waals surface area (Å²) in [5, 5.41) is 3.37. The van der Waals surface area contributed by atoms with Gasteiger partial charge in [0.15, 0.2) is 0 Å². The van der Waals surface area contributed by atoms with Crippen LogP contribution in [0, 0.1) is 11.7 Å². The van der Waals surface area contributed by atoms with Gasteiger partial charge in [-0.05, 0) is 31.5 Å². The van der Waals surface area contributed by atoms with Crippen molar-refractivity contribution in [2.75, 3.05) is 31.1 Å². The Morgan fingerprint density at radius 2 is 2.00 bits per heavy atom. The van der Waals surface area contributed by atoms with E-state index in [1.807, 2.05) is 12.1 Å². The SMILES string of the molecule is CCN(CCNCC(C)C)c1ccccc1F. The summed E-state index contributed by atoms with van der Waals surface area (Å²) < 4.78 is 13.6. The molecule has 0 aliphatic rings. The zero-order valence-corrected chi connectivity index (χ0v) is 11.0. The van der Waals surface area contributed by atoms with Crippen LogP contribution in [0.2, 0.25) is 0 Å². The molecule has 0 aliphatic heterocycles. The molecule has 0 unspecified atom stereocenters. The first-order valence-electron chi connectivity index (χ1n) is 6.35. The van der Waals surface area contributed by atoms with Crippen LogP contribution >= 0.6 is 0 Å². The average Bonchev–Trinajstić information content (AvgIpc) is 2.30. The lowest BCUT2D eigenvalue weighted by atomic mass is 10.2. The van der Waals surface area contributed by atoms with Gasteiger partial charge in [-0.3, -0.25) is 0 Å². The first kappa shape index (κ1) is 14.0. The van der Waals surface area contributed by atoms with Crippen molar-refractivity contribution in [1.82, 2.24) is 5.32 Å². The third-order valence-electron chi connectivity index (χ3n) is 2.69. The lowest BCUT2D eigenvalue weighted by Gasteiger charge is -2.24. The van der Waals surface area contributed by atoms with Crippen LogP contribution in [0.25, 0.3) is 0 Å². The molecule has 1 aromatic rings. The van der Waals surface area contributed by atoms with E-state index in [9.17, 15) is 4.39 Å². The molecule has 0 fully saturated rings. The topological polar surface area (TPSA) is 15.3 Å². The Hall–Kier alpha value is -1.09. The first-order valence-corrected chi connectivity index (χ1v) is 6.35. The van der Waals surface area contributed by atoms with Crippen LogP contribution in [0.1, 0.15) is 20.8 Å². The van der Waals surface area contributed by atoms with Gasteiger partial charge in [-0.25, -0.2) is 4.39 Å². The first-order chi connectivity index (χ1) is 8.15. The molecule has 2 nitrogen and oxygen atoms in total. The van der Waals surface area contributed by atoms with Gasteiger partial charge in [0.1, 0.15) is 5.82 Å². The molecular formula is C14H23FN2. The summed E-state index contributed by atoms with van der Waals surface area (Å²) in [6, 6.07) is 6.95. The number of rotatable bonds is 7. The molecule has 0 radical (unpaired) electrons. The predicted octanol–water partition coefficient (Wildman–Crippen LogP) is 2.90. The minimum Gasteiger partial charge on any atom is -0.368 e. The zero-order valence-electron chi connectivity index (χ0n) is 11.0. The van der Waals surface area contributed by atoms with E-state index in [1.165, 1.54) is 6.07 Å². The molecule has 1 rings (SSSR count). The third kappa shape index (κ3) is 4.73. The normalized spacial score (nSPS) is 10.9. The van der Waals surface area contributed by atoms with Gasteiger partial charge >= 0.3 is 0 Å². The van der Waals surface area contributed by atoms with E-state index in [0.29, 0.717) is 11.6 Å². The molecule has 1 N–H and O–H groups in total. The average molecular weight is 238 g/mol. The molecule has 17 heavy (non-hydrogen) atoms. The highest BCUT2D eigenvalue weighted by Gasteiger charge is 2.08. The van der Waals surface area contributed by atoms with Crippen molar-refractivity contribution >= 4 is 5.69 Å². The number of anilines is 1. The second-order valence-corrected chi connectivity index (χ2v) is 4.63. The molecule has 0 saturated carbocycles. The van der Waals surface area contributed by atoms with E-state index in [-0.39, 0.29) is 5.82 Å². The quantitative estimate of drug-likeness (QED) is 0.735.